The maximum absolute atomic E-state index is 13.4. The molecule has 0 unspecified atom stereocenters. The molecule has 1 aromatic rings. The Kier molecular flexibility index (Phi) is 5.63. The summed E-state index contributed by atoms with van der Waals surface area (Å²) in [5, 5.41) is 0.0675. The highest BCUT2D eigenvalue weighted by Gasteiger charge is 2.03. The lowest BCUT2D eigenvalue weighted by Crippen LogP contribution is -1.90. The van der Waals surface area contributed by atoms with E-state index in [9.17, 15) is 14.0 Å². The third-order valence-electron chi connectivity index (χ3n) is 2.09. The lowest BCUT2D eigenvalue weighted by atomic mass is 10.1. The van der Waals surface area contributed by atoms with E-state index in [4.69, 9.17) is 0 Å². The van der Waals surface area contributed by atoms with Gasteiger partial charge in [-0.05, 0) is 12.5 Å². The van der Waals surface area contributed by atoms with E-state index in [1.807, 2.05) is 0 Å². The molecule has 4 heteroatoms. The average molecular weight is 252 g/mol. The van der Waals surface area contributed by atoms with Crippen LogP contribution in [0.5, 0.6) is 0 Å². The van der Waals surface area contributed by atoms with Gasteiger partial charge in [0.05, 0.1) is 0 Å². The van der Waals surface area contributed by atoms with Crippen LogP contribution in [-0.4, -0.2) is 17.2 Å². The molecule has 0 aliphatic rings. The fourth-order valence-corrected chi connectivity index (χ4v) is 1.85. The van der Waals surface area contributed by atoms with E-state index in [2.05, 4.69) is 0 Å². The van der Waals surface area contributed by atoms with Crippen molar-refractivity contribution < 1.29 is 14.0 Å². The average Bonchev–Trinajstić information content (AvgIpc) is 2.30. The van der Waals surface area contributed by atoms with Crippen molar-refractivity contribution >= 4 is 29.2 Å². The van der Waals surface area contributed by atoms with Gasteiger partial charge in [-0.3, -0.25) is 9.59 Å². The third kappa shape index (κ3) is 4.53. The Hall–Kier alpha value is -1.42. The quantitative estimate of drug-likeness (QED) is 0.595. The lowest BCUT2D eigenvalue weighted by molar-refractivity contribution is -0.109. The largest absolute Gasteiger partial charge is 0.298 e. The number of hydrogen-bond donors (Lipinski definition) is 0. The standard InChI is InChI=1S/C13H13FO2S/c1-10(16)17-8-3-2-6-12-11(9-15)5-4-7-13(12)14/h2,4-7,9H,3,8H2,1H3. The second-order valence-electron chi connectivity index (χ2n) is 3.39. The zero-order valence-corrected chi connectivity index (χ0v) is 10.3. The molecule has 0 N–H and O–H groups in total. The minimum Gasteiger partial charge on any atom is -0.298 e. The van der Waals surface area contributed by atoms with Gasteiger partial charge in [0.2, 0.25) is 0 Å². The molecule has 1 rings (SSSR count). The van der Waals surface area contributed by atoms with Crippen LogP contribution in [0.3, 0.4) is 0 Å². The molecule has 0 bridgehead atoms. The second-order valence-corrected chi connectivity index (χ2v) is 4.66. The molecule has 0 amide bonds. The second kappa shape index (κ2) is 7.01. The van der Waals surface area contributed by atoms with Gasteiger partial charge in [0, 0.05) is 23.8 Å². The molecule has 90 valence electrons. The van der Waals surface area contributed by atoms with Crippen LogP contribution in [0.15, 0.2) is 24.3 Å². The fourth-order valence-electron chi connectivity index (χ4n) is 1.30. The Labute approximate surface area is 104 Å². The third-order valence-corrected chi connectivity index (χ3v) is 2.93. The summed E-state index contributed by atoms with van der Waals surface area (Å²) < 4.78 is 13.4. The number of hydrogen-bond acceptors (Lipinski definition) is 3. The number of rotatable bonds is 5. The number of aldehydes is 1. The molecule has 0 radical (unpaired) electrons. The molecule has 1 aromatic carbocycles. The van der Waals surface area contributed by atoms with Crippen molar-refractivity contribution in [1.82, 2.24) is 0 Å². The molecule has 0 aliphatic carbocycles. The Balaban J connectivity index is 2.64. The summed E-state index contributed by atoms with van der Waals surface area (Å²) in [7, 11) is 0. The van der Waals surface area contributed by atoms with Crippen LogP contribution >= 0.6 is 11.8 Å². The van der Waals surface area contributed by atoms with Gasteiger partial charge >= 0.3 is 0 Å². The molecule has 0 heterocycles. The zero-order chi connectivity index (χ0) is 12.7. The van der Waals surface area contributed by atoms with Crippen molar-refractivity contribution in [1.29, 1.82) is 0 Å². The number of thioether (sulfide) groups is 1. The van der Waals surface area contributed by atoms with E-state index in [0.717, 1.165) is 0 Å². The van der Waals surface area contributed by atoms with Crippen LogP contribution in [0.1, 0.15) is 29.3 Å². The molecule has 17 heavy (non-hydrogen) atoms. The molecule has 0 aliphatic heterocycles. The van der Waals surface area contributed by atoms with Gasteiger partial charge in [0.25, 0.3) is 0 Å². The summed E-state index contributed by atoms with van der Waals surface area (Å²) >= 11 is 1.23. The normalized spacial score (nSPS) is 10.7. The zero-order valence-electron chi connectivity index (χ0n) is 9.48. The highest BCUT2D eigenvalue weighted by atomic mass is 32.2. The van der Waals surface area contributed by atoms with Crippen molar-refractivity contribution in [2.24, 2.45) is 0 Å². The maximum Gasteiger partial charge on any atom is 0.185 e. The van der Waals surface area contributed by atoms with Gasteiger partial charge in [-0.15, -0.1) is 0 Å². The summed E-state index contributed by atoms with van der Waals surface area (Å²) in [6, 6.07) is 4.39. The molecular formula is C13H13FO2S. The van der Waals surface area contributed by atoms with Crippen LogP contribution in [0, 0.1) is 5.82 Å². The van der Waals surface area contributed by atoms with Crippen molar-refractivity contribution in [3.8, 4) is 0 Å². The van der Waals surface area contributed by atoms with E-state index in [0.29, 0.717) is 29.6 Å². The van der Waals surface area contributed by atoms with Gasteiger partial charge in [-0.25, -0.2) is 4.39 Å². The van der Waals surface area contributed by atoms with Crippen LogP contribution < -0.4 is 0 Å². The number of carbonyl (C=O) groups excluding carboxylic acids is 2. The van der Waals surface area contributed by atoms with Crippen LogP contribution in [0.2, 0.25) is 0 Å². The first kappa shape index (κ1) is 13.6. The minimum atomic E-state index is -0.412. The first-order chi connectivity index (χ1) is 8.15. The topological polar surface area (TPSA) is 34.1 Å². The van der Waals surface area contributed by atoms with Gasteiger partial charge in [0.1, 0.15) is 5.82 Å². The molecule has 0 saturated carbocycles. The first-order valence-electron chi connectivity index (χ1n) is 5.18. The van der Waals surface area contributed by atoms with Crippen LogP contribution in [-0.2, 0) is 4.79 Å². The summed E-state index contributed by atoms with van der Waals surface area (Å²) in [5.41, 5.74) is 0.635. The first-order valence-corrected chi connectivity index (χ1v) is 6.17. The van der Waals surface area contributed by atoms with E-state index < -0.39 is 5.82 Å². The van der Waals surface area contributed by atoms with E-state index in [1.165, 1.54) is 30.8 Å². The number of allylic oxidation sites excluding steroid dienone is 1. The van der Waals surface area contributed by atoms with Crippen molar-refractivity contribution in [2.45, 2.75) is 13.3 Å². The Morgan fingerprint density at radius 2 is 2.24 bits per heavy atom. The summed E-state index contributed by atoms with van der Waals surface area (Å²) in [4.78, 5) is 21.4. The summed E-state index contributed by atoms with van der Waals surface area (Å²) in [6.45, 7) is 1.51. The van der Waals surface area contributed by atoms with E-state index >= 15 is 0 Å². The van der Waals surface area contributed by atoms with E-state index in [-0.39, 0.29) is 5.12 Å². The van der Waals surface area contributed by atoms with Crippen LogP contribution in [0.25, 0.3) is 6.08 Å². The molecule has 0 atom stereocenters. The Bertz CT molecular complexity index is 441. The number of benzene rings is 1. The highest BCUT2D eigenvalue weighted by Crippen LogP contribution is 2.14. The van der Waals surface area contributed by atoms with Crippen molar-refractivity contribution in [2.75, 3.05) is 5.75 Å². The molecule has 0 saturated heterocycles. The minimum absolute atomic E-state index is 0.0675. The van der Waals surface area contributed by atoms with Gasteiger partial charge in [-0.2, -0.15) is 0 Å². The molecule has 0 fully saturated rings. The highest BCUT2D eigenvalue weighted by molar-refractivity contribution is 8.13. The van der Waals surface area contributed by atoms with Gasteiger partial charge in [-0.1, -0.05) is 36.0 Å². The SMILES string of the molecule is CC(=O)SCCC=Cc1c(F)cccc1C=O. The van der Waals surface area contributed by atoms with Crippen molar-refractivity contribution in [3.63, 3.8) is 0 Å². The monoisotopic (exact) mass is 252 g/mol. The molecular weight excluding hydrogens is 239 g/mol. The van der Waals surface area contributed by atoms with E-state index in [1.54, 1.807) is 18.2 Å². The lowest BCUT2D eigenvalue weighted by Gasteiger charge is -2.00. The summed E-state index contributed by atoms with van der Waals surface area (Å²) in [5.74, 6) is 0.251. The molecule has 0 aromatic heterocycles. The van der Waals surface area contributed by atoms with Gasteiger partial charge in [0.15, 0.2) is 11.4 Å². The number of halogens is 1. The Morgan fingerprint density at radius 3 is 2.88 bits per heavy atom. The predicted octanol–water partition coefficient (Wildman–Crippen LogP) is 3.32. The number of carbonyl (C=O) groups is 2. The smallest absolute Gasteiger partial charge is 0.185 e. The van der Waals surface area contributed by atoms with Crippen LogP contribution in [0.4, 0.5) is 4.39 Å². The maximum atomic E-state index is 13.4. The predicted molar refractivity (Wildman–Crippen MR) is 68.6 cm³/mol. The fraction of sp³-hybridized carbons (Fsp3) is 0.231. The molecule has 0 spiro atoms. The summed E-state index contributed by atoms with van der Waals surface area (Å²) in [6.07, 6.45) is 4.64. The van der Waals surface area contributed by atoms with Crippen molar-refractivity contribution in [3.05, 3.63) is 41.2 Å². The van der Waals surface area contributed by atoms with Gasteiger partial charge < -0.3 is 0 Å². The molecule has 2 nitrogen and oxygen atoms in total. The Morgan fingerprint density at radius 1 is 1.47 bits per heavy atom.